The van der Waals surface area contributed by atoms with Crippen LogP contribution < -0.4 is 16.0 Å². The predicted molar refractivity (Wildman–Crippen MR) is 107 cm³/mol. The summed E-state index contributed by atoms with van der Waals surface area (Å²) in [4.78, 5) is 18.3. The van der Waals surface area contributed by atoms with Crippen LogP contribution in [0.4, 0.5) is 11.6 Å². The average Bonchev–Trinajstić information content (AvgIpc) is 2.75. The van der Waals surface area contributed by atoms with Crippen LogP contribution in [0.25, 0.3) is 11.0 Å². The van der Waals surface area contributed by atoms with Gasteiger partial charge >= 0.3 is 0 Å². The molecule has 0 saturated carbocycles. The number of fused-ring (bicyclic) bond motifs is 1. The quantitative estimate of drug-likeness (QED) is 0.479. The topological polar surface area (TPSA) is 115 Å². The summed E-state index contributed by atoms with van der Waals surface area (Å²) < 4.78 is 16.1. The third-order valence-electron chi connectivity index (χ3n) is 4.35. The molecule has 1 aliphatic rings. The van der Waals surface area contributed by atoms with Crippen LogP contribution in [0.5, 0.6) is 0 Å². The van der Waals surface area contributed by atoms with E-state index in [1.807, 2.05) is 0 Å². The molecule has 10 nitrogen and oxygen atoms in total. The maximum absolute atomic E-state index is 5.85. The number of hydrogen-bond acceptors (Lipinski definition) is 10. The molecule has 1 aliphatic heterocycles. The first kappa shape index (κ1) is 20.6. The van der Waals surface area contributed by atoms with Crippen molar-refractivity contribution in [1.29, 1.82) is 0 Å². The number of ether oxygens (including phenoxy) is 3. The Morgan fingerprint density at radius 3 is 2.46 bits per heavy atom. The van der Waals surface area contributed by atoms with Crippen molar-refractivity contribution in [3.05, 3.63) is 12.2 Å². The van der Waals surface area contributed by atoms with Gasteiger partial charge in [0.1, 0.15) is 23.5 Å². The summed E-state index contributed by atoms with van der Waals surface area (Å²) in [6.45, 7) is 4.97. The van der Waals surface area contributed by atoms with Crippen LogP contribution in [0.1, 0.15) is 24.8 Å². The van der Waals surface area contributed by atoms with E-state index in [1.165, 1.54) is 6.33 Å². The standard InChI is InChI=1S/C18H29N7O3/c1-26-8-3-5-20-17-15-14(22-12-23-17)18(21-6-4-9-27-2)25-16(24-15)13-11-19-7-10-28-13/h12-13,19H,3-11H2,1-2H3,(H,20,22,23)(H,21,24,25). The molecule has 1 saturated heterocycles. The Bertz CT molecular complexity index is 740. The van der Waals surface area contributed by atoms with Gasteiger partial charge in [-0.3, -0.25) is 0 Å². The monoisotopic (exact) mass is 391 g/mol. The van der Waals surface area contributed by atoms with Gasteiger partial charge < -0.3 is 30.2 Å². The van der Waals surface area contributed by atoms with Crippen molar-refractivity contribution in [3.63, 3.8) is 0 Å². The van der Waals surface area contributed by atoms with E-state index in [9.17, 15) is 0 Å². The third kappa shape index (κ3) is 5.44. The van der Waals surface area contributed by atoms with Crippen molar-refractivity contribution >= 4 is 22.7 Å². The third-order valence-corrected chi connectivity index (χ3v) is 4.35. The van der Waals surface area contributed by atoms with Crippen molar-refractivity contribution in [2.24, 2.45) is 0 Å². The molecular formula is C18H29N7O3. The molecule has 1 fully saturated rings. The largest absolute Gasteiger partial charge is 0.385 e. The summed E-state index contributed by atoms with van der Waals surface area (Å²) >= 11 is 0. The number of hydrogen-bond donors (Lipinski definition) is 3. The molecule has 0 spiro atoms. The molecule has 28 heavy (non-hydrogen) atoms. The molecular weight excluding hydrogens is 362 g/mol. The number of nitrogens with zero attached hydrogens (tertiary/aromatic N) is 4. The Hall–Kier alpha value is -2.14. The summed E-state index contributed by atoms with van der Waals surface area (Å²) in [6.07, 6.45) is 3.08. The first-order valence-electron chi connectivity index (χ1n) is 9.64. The van der Waals surface area contributed by atoms with E-state index in [0.717, 1.165) is 32.5 Å². The predicted octanol–water partition coefficient (Wildman–Crippen LogP) is 0.978. The second-order valence-corrected chi connectivity index (χ2v) is 6.46. The smallest absolute Gasteiger partial charge is 0.161 e. The van der Waals surface area contributed by atoms with Crippen LogP contribution >= 0.6 is 0 Å². The molecule has 0 radical (unpaired) electrons. The van der Waals surface area contributed by atoms with Gasteiger partial charge in [0, 0.05) is 53.6 Å². The van der Waals surface area contributed by atoms with Crippen molar-refractivity contribution in [2.45, 2.75) is 18.9 Å². The fraction of sp³-hybridized carbons (Fsp3) is 0.667. The number of rotatable bonds is 11. The number of aromatic nitrogens is 4. The maximum Gasteiger partial charge on any atom is 0.161 e. The summed E-state index contributed by atoms with van der Waals surface area (Å²) in [6, 6.07) is 0. The molecule has 0 amide bonds. The normalized spacial score (nSPS) is 17.0. The molecule has 0 bridgehead atoms. The van der Waals surface area contributed by atoms with Crippen LogP contribution in [0.3, 0.4) is 0 Å². The zero-order valence-electron chi connectivity index (χ0n) is 16.5. The minimum absolute atomic E-state index is 0.195. The Balaban J connectivity index is 1.88. The van der Waals surface area contributed by atoms with Crippen LogP contribution in [0.2, 0.25) is 0 Å². The second-order valence-electron chi connectivity index (χ2n) is 6.46. The highest BCUT2D eigenvalue weighted by atomic mass is 16.5. The first-order chi connectivity index (χ1) is 13.8. The Kier molecular flexibility index (Phi) is 8.09. The minimum Gasteiger partial charge on any atom is -0.385 e. The Labute approximate surface area is 164 Å². The van der Waals surface area contributed by atoms with Crippen molar-refractivity contribution in [3.8, 4) is 0 Å². The van der Waals surface area contributed by atoms with Crippen molar-refractivity contribution < 1.29 is 14.2 Å². The van der Waals surface area contributed by atoms with Crippen LogP contribution in [0, 0.1) is 0 Å². The molecule has 10 heteroatoms. The van der Waals surface area contributed by atoms with Crippen molar-refractivity contribution in [2.75, 3.05) is 70.9 Å². The zero-order chi connectivity index (χ0) is 19.6. The lowest BCUT2D eigenvalue weighted by Gasteiger charge is -2.23. The van der Waals surface area contributed by atoms with Gasteiger partial charge in [0.05, 0.1) is 6.61 Å². The molecule has 3 N–H and O–H groups in total. The molecule has 1 unspecified atom stereocenters. The van der Waals surface area contributed by atoms with Gasteiger partial charge in [-0.15, -0.1) is 0 Å². The fourth-order valence-electron chi connectivity index (χ4n) is 2.94. The first-order valence-corrected chi connectivity index (χ1v) is 9.64. The number of nitrogens with one attached hydrogen (secondary N) is 3. The Morgan fingerprint density at radius 1 is 1.04 bits per heavy atom. The van der Waals surface area contributed by atoms with E-state index < -0.39 is 0 Å². The highest BCUT2D eigenvalue weighted by Gasteiger charge is 2.22. The molecule has 3 heterocycles. The summed E-state index contributed by atoms with van der Waals surface area (Å²) in [5.74, 6) is 2.00. The van der Waals surface area contributed by atoms with Crippen LogP contribution in [-0.4, -0.2) is 80.2 Å². The summed E-state index contributed by atoms with van der Waals surface area (Å²) in [7, 11) is 3.39. The van der Waals surface area contributed by atoms with Gasteiger partial charge in [0.2, 0.25) is 0 Å². The van der Waals surface area contributed by atoms with Gasteiger partial charge in [-0.25, -0.2) is 19.9 Å². The highest BCUT2D eigenvalue weighted by Crippen LogP contribution is 2.26. The van der Waals surface area contributed by atoms with Gasteiger partial charge in [-0.2, -0.15) is 0 Å². The number of morpholine rings is 1. The van der Waals surface area contributed by atoms with Gasteiger partial charge in [0.15, 0.2) is 17.5 Å². The zero-order valence-corrected chi connectivity index (χ0v) is 16.5. The minimum atomic E-state index is -0.195. The van der Waals surface area contributed by atoms with E-state index in [0.29, 0.717) is 54.9 Å². The summed E-state index contributed by atoms with van der Waals surface area (Å²) in [5, 5.41) is 10.0. The molecule has 3 rings (SSSR count). The lowest BCUT2D eigenvalue weighted by molar-refractivity contribution is 0.0224. The van der Waals surface area contributed by atoms with Crippen LogP contribution in [0.15, 0.2) is 6.33 Å². The number of methoxy groups -OCH3 is 2. The average molecular weight is 391 g/mol. The lowest BCUT2D eigenvalue weighted by atomic mass is 10.2. The van der Waals surface area contributed by atoms with E-state index in [4.69, 9.17) is 24.2 Å². The highest BCUT2D eigenvalue weighted by molar-refractivity contribution is 5.92. The summed E-state index contributed by atoms with van der Waals surface area (Å²) in [5.41, 5.74) is 1.38. The maximum atomic E-state index is 5.85. The van der Waals surface area contributed by atoms with Gasteiger partial charge in [-0.05, 0) is 12.8 Å². The molecule has 0 aromatic carbocycles. The van der Waals surface area contributed by atoms with E-state index in [2.05, 4.69) is 25.9 Å². The lowest BCUT2D eigenvalue weighted by Crippen LogP contribution is -2.34. The van der Waals surface area contributed by atoms with E-state index in [1.54, 1.807) is 14.2 Å². The van der Waals surface area contributed by atoms with Gasteiger partial charge in [0.25, 0.3) is 0 Å². The molecule has 0 aliphatic carbocycles. The molecule has 154 valence electrons. The SMILES string of the molecule is COCCCNc1nc(C2CNCCO2)nc2c(NCCCOC)ncnc12. The van der Waals surface area contributed by atoms with E-state index in [-0.39, 0.29) is 6.10 Å². The fourth-order valence-corrected chi connectivity index (χ4v) is 2.94. The van der Waals surface area contributed by atoms with Crippen molar-refractivity contribution in [1.82, 2.24) is 25.3 Å². The second kappa shape index (κ2) is 11.0. The molecule has 1 atom stereocenters. The molecule has 2 aromatic heterocycles. The van der Waals surface area contributed by atoms with E-state index >= 15 is 0 Å². The van der Waals surface area contributed by atoms with Gasteiger partial charge in [-0.1, -0.05) is 0 Å². The molecule has 2 aromatic rings. The number of anilines is 2. The van der Waals surface area contributed by atoms with Crippen LogP contribution in [-0.2, 0) is 14.2 Å². The Morgan fingerprint density at radius 2 is 1.79 bits per heavy atom.